The Bertz CT molecular complexity index is 1400. The van der Waals surface area contributed by atoms with E-state index in [1.165, 1.54) is 13.3 Å². The molecule has 2 heterocycles. The number of hydrogen-bond acceptors (Lipinski definition) is 7. The first-order valence-electron chi connectivity index (χ1n) is 9.69. The highest BCUT2D eigenvalue weighted by atomic mass is 35.5. The molecule has 0 fully saturated rings. The molecular weight excluding hydrogens is 461 g/mol. The quantitative estimate of drug-likeness (QED) is 0.356. The SMILES string of the molecule is COc1cc(Nc2c(C#N)cnc3cc(/C=C/c4cnccn4)c(OC)cc23)c(Cl)cc1Cl. The van der Waals surface area contributed by atoms with Crippen LogP contribution in [0.1, 0.15) is 16.8 Å². The number of anilines is 2. The number of ether oxygens (including phenoxy) is 2. The van der Waals surface area contributed by atoms with E-state index in [0.717, 1.165) is 5.56 Å². The van der Waals surface area contributed by atoms with Gasteiger partial charge in [-0.05, 0) is 30.4 Å². The third-order valence-electron chi connectivity index (χ3n) is 4.86. The van der Waals surface area contributed by atoms with Gasteiger partial charge in [-0.25, -0.2) is 0 Å². The predicted octanol–water partition coefficient (Wildman–Crippen LogP) is 6.13. The van der Waals surface area contributed by atoms with Gasteiger partial charge in [-0.3, -0.25) is 15.0 Å². The summed E-state index contributed by atoms with van der Waals surface area (Å²) < 4.78 is 10.9. The van der Waals surface area contributed by atoms with Crippen molar-refractivity contribution in [2.45, 2.75) is 0 Å². The van der Waals surface area contributed by atoms with Crippen molar-refractivity contribution in [3.8, 4) is 17.6 Å². The zero-order valence-electron chi connectivity index (χ0n) is 17.6. The monoisotopic (exact) mass is 477 g/mol. The Balaban J connectivity index is 1.83. The first-order valence-corrected chi connectivity index (χ1v) is 10.4. The maximum absolute atomic E-state index is 9.70. The van der Waals surface area contributed by atoms with Crippen LogP contribution in [0.25, 0.3) is 23.1 Å². The lowest BCUT2D eigenvalue weighted by Gasteiger charge is -2.16. The molecule has 0 bridgehead atoms. The fourth-order valence-electron chi connectivity index (χ4n) is 3.25. The molecule has 164 valence electrons. The lowest BCUT2D eigenvalue weighted by Crippen LogP contribution is -1.99. The van der Waals surface area contributed by atoms with Crippen LogP contribution >= 0.6 is 23.2 Å². The van der Waals surface area contributed by atoms with Crippen LogP contribution in [0, 0.1) is 11.3 Å². The zero-order valence-corrected chi connectivity index (χ0v) is 19.1. The maximum Gasteiger partial charge on any atom is 0.139 e. The Morgan fingerprint density at radius 2 is 1.76 bits per heavy atom. The Morgan fingerprint density at radius 1 is 0.939 bits per heavy atom. The van der Waals surface area contributed by atoms with Gasteiger partial charge in [0.15, 0.2) is 0 Å². The molecule has 4 rings (SSSR count). The average Bonchev–Trinajstić information content (AvgIpc) is 2.84. The lowest BCUT2D eigenvalue weighted by molar-refractivity contribution is 0.414. The van der Waals surface area contributed by atoms with E-state index in [1.54, 1.807) is 37.8 Å². The number of benzene rings is 2. The van der Waals surface area contributed by atoms with E-state index in [-0.39, 0.29) is 0 Å². The Morgan fingerprint density at radius 3 is 2.45 bits per heavy atom. The molecule has 2 aromatic carbocycles. The van der Waals surface area contributed by atoms with Gasteiger partial charge in [0.25, 0.3) is 0 Å². The number of nitriles is 1. The second-order valence-electron chi connectivity index (χ2n) is 6.83. The molecule has 0 saturated carbocycles. The van der Waals surface area contributed by atoms with Crippen molar-refractivity contribution in [2.75, 3.05) is 19.5 Å². The van der Waals surface area contributed by atoms with E-state index < -0.39 is 0 Å². The third-order valence-corrected chi connectivity index (χ3v) is 5.47. The van der Waals surface area contributed by atoms with E-state index in [9.17, 15) is 5.26 Å². The molecule has 9 heteroatoms. The molecule has 4 aromatic rings. The fourth-order valence-corrected chi connectivity index (χ4v) is 3.76. The number of pyridine rings is 1. The molecule has 33 heavy (non-hydrogen) atoms. The van der Waals surface area contributed by atoms with Gasteiger partial charge in [0.05, 0.1) is 58.6 Å². The Kier molecular flexibility index (Phi) is 6.59. The van der Waals surface area contributed by atoms with Gasteiger partial charge < -0.3 is 14.8 Å². The van der Waals surface area contributed by atoms with E-state index in [2.05, 4.69) is 26.3 Å². The maximum atomic E-state index is 9.70. The van der Waals surface area contributed by atoms with Crippen molar-refractivity contribution in [2.24, 2.45) is 0 Å². The van der Waals surface area contributed by atoms with Crippen LogP contribution in [-0.2, 0) is 0 Å². The molecule has 0 saturated heterocycles. The van der Waals surface area contributed by atoms with Crippen molar-refractivity contribution < 1.29 is 9.47 Å². The van der Waals surface area contributed by atoms with Crippen LogP contribution in [0.2, 0.25) is 10.0 Å². The van der Waals surface area contributed by atoms with Crippen LogP contribution in [0.4, 0.5) is 11.4 Å². The summed E-state index contributed by atoms with van der Waals surface area (Å²) in [5, 5.41) is 14.4. The molecule has 0 amide bonds. The number of halogens is 2. The Labute approximate surface area is 200 Å². The molecule has 0 radical (unpaired) electrons. The van der Waals surface area contributed by atoms with Gasteiger partial charge in [0, 0.05) is 35.6 Å². The van der Waals surface area contributed by atoms with E-state index in [4.69, 9.17) is 32.7 Å². The first-order chi connectivity index (χ1) is 16.0. The van der Waals surface area contributed by atoms with Gasteiger partial charge in [0.2, 0.25) is 0 Å². The summed E-state index contributed by atoms with van der Waals surface area (Å²) in [4.78, 5) is 12.8. The van der Waals surface area contributed by atoms with Crippen LogP contribution in [0.15, 0.2) is 49.1 Å². The van der Waals surface area contributed by atoms with Gasteiger partial charge >= 0.3 is 0 Å². The highest BCUT2D eigenvalue weighted by Crippen LogP contribution is 2.39. The minimum absolute atomic E-state index is 0.345. The highest BCUT2D eigenvalue weighted by molar-refractivity contribution is 6.37. The summed E-state index contributed by atoms with van der Waals surface area (Å²) in [6.45, 7) is 0. The minimum atomic E-state index is 0.345. The molecule has 0 spiro atoms. The average molecular weight is 478 g/mol. The van der Waals surface area contributed by atoms with Crippen LogP contribution in [0.5, 0.6) is 11.5 Å². The van der Waals surface area contributed by atoms with Crippen molar-refractivity contribution in [3.63, 3.8) is 0 Å². The largest absolute Gasteiger partial charge is 0.496 e. The molecule has 2 aromatic heterocycles. The minimum Gasteiger partial charge on any atom is -0.496 e. The summed E-state index contributed by atoms with van der Waals surface area (Å²) in [5.41, 5.74) is 3.58. The molecule has 0 unspecified atom stereocenters. The smallest absolute Gasteiger partial charge is 0.139 e. The molecule has 0 atom stereocenters. The number of nitrogens with zero attached hydrogens (tertiary/aromatic N) is 4. The summed E-state index contributed by atoms with van der Waals surface area (Å²) in [7, 11) is 3.10. The second kappa shape index (κ2) is 9.74. The van der Waals surface area contributed by atoms with E-state index >= 15 is 0 Å². The highest BCUT2D eigenvalue weighted by Gasteiger charge is 2.15. The fraction of sp³-hybridized carbons (Fsp3) is 0.0833. The Hall–Kier alpha value is -3.86. The van der Waals surface area contributed by atoms with Crippen molar-refractivity contribution in [1.29, 1.82) is 5.26 Å². The molecule has 0 aliphatic rings. The van der Waals surface area contributed by atoms with Gasteiger partial charge in [-0.1, -0.05) is 23.2 Å². The zero-order chi connectivity index (χ0) is 23.4. The number of aromatic nitrogens is 3. The molecule has 0 aliphatic carbocycles. The van der Waals surface area contributed by atoms with Gasteiger partial charge in [0.1, 0.15) is 17.6 Å². The topological polar surface area (TPSA) is 93.0 Å². The molecule has 1 N–H and O–H groups in total. The number of methoxy groups -OCH3 is 2. The van der Waals surface area contributed by atoms with Crippen molar-refractivity contribution in [3.05, 3.63) is 75.9 Å². The summed E-state index contributed by atoms with van der Waals surface area (Å²) >= 11 is 12.6. The third kappa shape index (κ3) is 4.67. The molecule has 0 aliphatic heterocycles. The predicted molar refractivity (Wildman–Crippen MR) is 130 cm³/mol. The van der Waals surface area contributed by atoms with E-state index in [0.29, 0.717) is 55.1 Å². The van der Waals surface area contributed by atoms with Crippen molar-refractivity contribution in [1.82, 2.24) is 15.0 Å². The number of fused-ring (bicyclic) bond motifs is 1. The normalized spacial score (nSPS) is 10.9. The van der Waals surface area contributed by atoms with Crippen LogP contribution < -0.4 is 14.8 Å². The molecular formula is C24H17Cl2N5O2. The van der Waals surface area contributed by atoms with Crippen LogP contribution in [0.3, 0.4) is 0 Å². The molecule has 7 nitrogen and oxygen atoms in total. The second-order valence-corrected chi connectivity index (χ2v) is 7.64. The lowest BCUT2D eigenvalue weighted by atomic mass is 10.0. The standard InChI is InChI=1S/C24H17Cl2N5O2/c1-32-22-8-17-20(7-14(22)3-4-16-13-28-5-6-29-16)30-12-15(11-27)24(17)31-21-10-23(33-2)19(26)9-18(21)25/h3-10,12-13H,1-2H3,(H,30,31)/b4-3+. The van der Waals surface area contributed by atoms with Crippen molar-refractivity contribution >= 4 is 57.6 Å². The van der Waals surface area contributed by atoms with Crippen LogP contribution in [-0.4, -0.2) is 29.2 Å². The summed E-state index contributed by atoms with van der Waals surface area (Å²) in [6, 6.07) is 9.12. The van der Waals surface area contributed by atoms with Gasteiger partial charge in [-0.15, -0.1) is 0 Å². The van der Waals surface area contributed by atoms with Gasteiger partial charge in [-0.2, -0.15) is 5.26 Å². The number of hydrogen-bond donors (Lipinski definition) is 1. The number of nitrogens with one attached hydrogen (secondary N) is 1. The number of rotatable bonds is 6. The first kappa shape index (κ1) is 22.3. The van der Waals surface area contributed by atoms with E-state index in [1.807, 2.05) is 24.3 Å². The summed E-state index contributed by atoms with van der Waals surface area (Å²) in [5.74, 6) is 1.05. The summed E-state index contributed by atoms with van der Waals surface area (Å²) in [6.07, 6.45) is 10.1.